The molecule has 0 fully saturated rings. The third kappa shape index (κ3) is 3.19. The monoisotopic (exact) mass is 386 g/mol. The molecule has 134 valence electrons. The molecule has 26 heavy (non-hydrogen) atoms. The number of nitrogens with one attached hydrogen (secondary N) is 1. The number of aromatic nitrogens is 3. The summed E-state index contributed by atoms with van der Waals surface area (Å²) in [5.41, 5.74) is 5.44. The molecule has 0 radical (unpaired) electrons. The number of anilines is 1. The van der Waals surface area contributed by atoms with Gasteiger partial charge in [-0.2, -0.15) is 5.10 Å². The van der Waals surface area contributed by atoms with Gasteiger partial charge in [0.1, 0.15) is 5.82 Å². The molecule has 0 saturated heterocycles. The molecule has 0 aliphatic heterocycles. The van der Waals surface area contributed by atoms with Gasteiger partial charge in [0.2, 0.25) is 0 Å². The SMILES string of the molecule is Cc1ncccc1CNc1c2c(nn1-c1cccc(Cl)c1Cl)CCCC2. The number of aryl methyl sites for hydroxylation is 2. The molecule has 4 rings (SSSR count). The molecule has 0 atom stereocenters. The lowest BCUT2D eigenvalue weighted by Gasteiger charge is -2.15. The van der Waals surface area contributed by atoms with Crippen LogP contribution in [0, 0.1) is 6.92 Å². The predicted octanol–water partition coefficient (Wildman–Crippen LogP) is 5.37. The highest BCUT2D eigenvalue weighted by atomic mass is 35.5. The summed E-state index contributed by atoms with van der Waals surface area (Å²) < 4.78 is 1.91. The summed E-state index contributed by atoms with van der Waals surface area (Å²) in [5, 5.41) is 9.49. The summed E-state index contributed by atoms with van der Waals surface area (Å²) in [6.45, 7) is 2.72. The minimum atomic E-state index is 0.523. The van der Waals surface area contributed by atoms with Crippen molar-refractivity contribution in [2.45, 2.75) is 39.2 Å². The van der Waals surface area contributed by atoms with E-state index in [4.69, 9.17) is 28.3 Å². The molecule has 1 aliphatic carbocycles. The largest absolute Gasteiger partial charge is 0.366 e. The van der Waals surface area contributed by atoms with Gasteiger partial charge in [0.05, 0.1) is 21.4 Å². The van der Waals surface area contributed by atoms with E-state index in [-0.39, 0.29) is 0 Å². The second-order valence-corrected chi connectivity index (χ2v) is 7.35. The Morgan fingerprint density at radius 1 is 1.12 bits per heavy atom. The van der Waals surface area contributed by atoms with Gasteiger partial charge in [0.25, 0.3) is 0 Å². The van der Waals surface area contributed by atoms with E-state index in [0.717, 1.165) is 35.7 Å². The van der Waals surface area contributed by atoms with Gasteiger partial charge >= 0.3 is 0 Å². The lowest BCUT2D eigenvalue weighted by atomic mass is 9.97. The fraction of sp³-hybridized carbons (Fsp3) is 0.300. The van der Waals surface area contributed by atoms with Crippen molar-refractivity contribution in [2.24, 2.45) is 0 Å². The van der Waals surface area contributed by atoms with Crippen molar-refractivity contribution in [3.8, 4) is 5.69 Å². The molecular weight excluding hydrogens is 367 g/mol. The van der Waals surface area contributed by atoms with Crippen LogP contribution < -0.4 is 5.32 Å². The highest BCUT2D eigenvalue weighted by Gasteiger charge is 2.23. The molecule has 3 aromatic rings. The lowest BCUT2D eigenvalue weighted by molar-refractivity contribution is 0.671. The van der Waals surface area contributed by atoms with Gasteiger partial charge in [-0.05, 0) is 56.4 Å². The first-order valence-corrected chi connectivity index (χ1v) is 9.60. The zero-order chi connectivity index (χ0) is 18.1. The van der Waals surface area contributed by atoms with Crippen LogP contribution in [0.5, 0.6) is 0 Å². The number of hydrogen-bond acceptors (Lipinski definition) is 3. The quantitative estimate of drug-likeness (QED) is 0.654. The summed E-state index contributed by atoms with van der Waals surface area (Å²) in [5.74, 6) is 1.01. The highest BCUT2D eigenvalue weighted by molar-refractivity contribution is 6.43. The second-order valence-electron chi connectivity index (χ2n) is 6.57. The van der Waals surface area contributed by atoms with E-state index in [2.05, 4.69) is 16.4 Å². The normalized spacial score (nSPS) is 13.5. The Bertz CT molecular complexity index is 949. The summed E-state index contributed by atoms with van der Waals surface area (Å²) in [6, 6.07) is 9.70. The van der Waals surface area contributed by atoms with E-state index in [9.17, 15) is 0 Å². The van der Waals surface area contributed by atoms with Crippen molar-refractivity contribution in [3.63, 3.8) is 0 Å². The molecule has 0 unspecified atom stereocenters. The number of nitrogens with zero attached hydrogens (tertiary/aromatic N) is 3. The van der Waals surface area contributed by atoms with E-state index < -0.39 is 0 Å². The van der Waals surface area contributed by atoms with Gasteiger partial charge < -0.3 is 5.32 Å². The molecule has 0 bridgehead atoms. The summed E-state index contributed by atoms with van der Waals surface area (Å²) in [7, 11) is 0. The minimum Gasteiger partial charge on any atom is -0.366 e. The Morgan fingerprint density at radius 2 is 1.96 bits per heavy atom. The fourth-order valence-electron chi connectivity index (χ4n) is 3.45. The van der Waals surface area contributed by atoms with E-state index in [1.165, 1.54) is 24.0 Å². The van der Waals surface area contributed by atoms with Crippen LogP contribution in [0.4, 0.5) is 5.82 Å². The Balaban J connectivity index is 1.76. The smallest absolute Gasteiger partial charge is 0.133 e. The second kappa shape index (κ2) is 7.29. The molecule has 2 aromatic heterocycles. The summed E-state index contributed by atoms with van der Waals surface area (Å²) in [6.07, 6.45) is 6.21. The topological polar surface area (TPSA) is 42.7 Å². The lowest BCUT2D eigenvalue weighted by Crippen LogP contribution is -2.10. The average molecular weight is 387 g/mol. The average Bonchev–Trinajstić information content (AvgIpc) is 3.02. The van der Waals surface area contributed by atoms with Crippen molar-refractivity contribution >= 4 is 29.0 Å². The maximum absolute atomic E-state index is 6.48. The third-order valence-corrected chi connectivity index (χ3v) is 5.69. The molecule has 1 N–H and O–H groups in total. The van der Waals surface area contributed by atoms with Crippen LogP contribution in [0.15, 0.2) is 36.5 Å². The number of rotatable bonds is 4. The molecule has 0 saturated carbocycles. The van der Waals surface area contributed by atoms with Crippen LogP contribution in [0.25, 0.3) is 5.69 Å². The van der Waals surface area contributed by atoms with Crippen LogP contribution in [-0.4, -0.2) is 14.8 Å². The van der Waals surface area contributed by atoms with E-state index >= 15 is 0 Å². The Labute approximate surface area is 163 Å². The maximum atomic E-state index is 6.48. The zero-order valence-electron chi connectivity index (χ0n) is 14.6. The van der Waals surface area contributed by atoms with Crippen LogP contribution in [0.1, 0.15) is 35.4 Å². The molecule has 0 spiro atoms. The number of fused-ring (bicyclic) bond motifs is 1. The number of hydrogen-bond donors (Lipinski definition) is 1. The van der Waals surface area contributed by atoms with Crippen LogP contribution in [-0.2, 0) is 19.4 Å². The van der Waals surface area contributed by atoms with Crippen molar-refractivity contribution in [1.82, 2.24) is 14.8 Å². The third-order valence-electron chi connectivity index (χ3n) is 4.88. The molecule has 4 nitrogen and oxygen atoms in total. The highest BCUT2D eigenvalue weighted by Crippen LogP contribution is 2.35. The van der Waals surface area contributed by atoms with Gasteiger partial charge in [-0.25, -0.2) is 4.68 Å². The number of benzene rings is 1. The van der Waals surface area contributed by atoms with Crippen molar-refractivity contribution in [3.05, 3.63) is 69.1 Å². The van der Waals surface area contributed by atoms with E-state index in [1.54, 1.807) is 6.07 Å². The number of halogens is 2. The molecule has 6 heteroatoms. The van der Waals surface area contributed by atoms with Gasteiger partial charge in [-0.1, -0.05) is 35.3 Å². The standard InChI is InChI=1S/C20H20Cl2N4/c1-13-14(6-5-11-23-13)12-24-20-15-7-2-3-9-17(15)25-26(20)18-10-4-8-16(21)19(18)22/h4-6,8,10-11,24H,2-3,7,9,12H2,1H3. The van der Waals surface area contributed by atoms with Crippen LogP contribution in [0.3, 0.4) is 0 Å². The first-order valence-electron chi connectivity index (χ1n) is 8.84. The summed E-state index contributed by atoms with van der Waals surface area (Å²) in [4.78, 5) is 4.37. The first-order chi connectivity index (χ1) is 12.6. The van der Waals surface area contributed by atoms with Gasteiger partial charge in [-0.3, -0.25) is 4.98 Å². The molecule has 1 aliphatic rings. The van der Waals surface area contributed by atoms with E-state index in [1.807, 2.05) is 36.0 Å². The summed E-state index contributed by atoms with van der Waals surface area (Å²) >= 11 is 12.7. The Morgan fingerprint density at radius 3 is 2.81 bits per heavy atom. The van der Waals surface area contributed by atoms with Crippen LogP contribution >= 0.6 is 23.2 Å². The van der Waals surface area contributed by atoms with Crippen molar-refractivity contribution < 1.29 is 0 Å². The molecule has 1 aromatic carbocycles. The zero-order valence-corrected chi connectivity index (χ0v) is 16.1. The number of pyridine rings is 1. The van der Waals surface area contributed by atoms with Crippen LogP contribution in [0.2, 0.25) is 10.0 Å². The van der Waals surface area contributed by atoms with Crippen molar-refractivity contribution in [2.75, 3.05) is 5.32 Å². The van der Waals surface area contributed by atoms with Gasteiger partial charge in [0.15, 0.2) is 0 Å². The Hall–Kier alpha value is -2.04. The minimum absolute atomic E-state index is 0.523. The predicted molar refractivity (Wildman–Crippen MR) is 107 cm³/mol. The first kappa shape index (κ1) is 17.4. The fourth-order valence-corrected chi connectivity index (χ4v) is 3.82. The van der Waals surface area contributed by atoms with Gasteiger partial charge in [-0.15, -0.1) is 0 Å². The molecule has 0 amide bonds. The molecule has 2 heterocycles. The van der Waals surface area contributed by atoms with Crippen molar-refractivity contribution in [1.29, 1.82) is 0 Å². The maximum Gasteiger partial charge on any atom is 0.133 e. The Kier molecular flexibility index (Phi) is 4.88. The van der Waals surface area contributed by atoms with Gasteiger partial charge in [0, 0.05) is 24.0 Å². The molecular formula is C20H20Cl2N4. The van der Waals surface area contributed by atoms with E-state index in [0.29, 0.717) is 16.6 Å².